The normalized spacial score (nSPS) is 15.2. The standard InChI is InChI=1S/C26H31N3/c1-24(2,3)22-27-21(28-23(29-22)25(4,5)6)17-13-11-15-19-20(17)16-12-9-10-14-18(16)26(19,7)8/h9-15H,1-8H3. The SMILES string of the molecule is CC(C)(C)c1nc(-c2cccc3c2-c2ccccc2C3(C)C)nc(C(C)(C)C)n1. The van der Waals surface area contributed by atoms with Crippen molar-refractivity contribution < 1.29 is 0 Å². The Balaban J connectivity index is 2.04. The van der Waals surface area contributed by atoms with E-state index < -0.39 is 0 Å². The smallest absolute Gasteiger partial charge is 0.164 e. The Morgan fingerprint density at radius 3 is 1.72 bits per heavy atom. The van der Waals surface area contributed by atoms with Crippen molar-refractivity contribution >= 4 is 0 Å². The van der Waals surface area contributed by atoms with Crippen LogP contribution >= 0.6 is 0 Å². The number of hydrogen-bond acceptors (Lipinski definition) is 3. The van der Waals surface area contributed by atoms with Crippen molar-refractivity contribution in [3.05, 3.63) is 65.2 Å². The summed E-state index contributed by atoms with van der Waals surface area (Å²) in [6.07, 6.45) is 0. The highest BCUT2D eigenvalue weighted by molar-refractivity contribution is 5.90. The van der Waals surface area contributed by atoms with Gasteiger partial charge in [0.1, 0.15) is 11.6 Å². The maximum Gasteiger partial charge on any atom is 0.164 e. The fourth-order valence-electron chi connectivity index (χ4n) is 4.11. The highest BCUT2D eigenvalue weighted by Gasteiger charge is 2.37. The van der Waals surface area contributed by atoms with Crippen molar-refractivity contribution in [1.82, 2.24) is 15.0 Å². The van der Waals surface area contributed by atoms with Crippen molar-refractivity contribution in [2.45, 2.75) is 71.6 Å². The Morgan fingerprint density at radius 2 is 1.14 bits per heavy atom. The van der Waals surface area contributed by atoms with Crippen LogP contribution < -0.4 is 0 Å². The van der Waals surface area contributed by atoms with Gasteiger partial charge in [-0.2, -0.15) is 0 Å². The Morgan fingerprint density at radius 1 is 0.621 bits per heavy atom. The van der Waals surface area contributed by atoms with Crippen molar-refractivity contribution in [3.63, 3.8) is 0 Å². The van der Waals surface area contributed by atoms with E-state index in [2.05, 4.69) is 97.9 Å². The van der Waals surface area contributed by atoms with Gasteiger partial charge in [-0.15, -0.1) is 0 Å². The summed E-state index contributed by atoms with van der Waals surface area (Å²) >= 11 is 0. The molecule has 0 saturated heterocycles. The molecule has 0 aliphatic heterocycles. The minimum atomic E-state index is -0.146. The summed E-state index contributed by atoms with van der Waals surface area (Å²) in [4.78, 5) is 14.8. The van der Waals surface area contributed by atoms with E-state index in [9.17, 15) is 0 Å². The fraction of sp³-hybridized carbons (Fsp3) is 0.423. The van der Waals surface area contributed by atoms with Crippen LogP contribution in [-0.2, 0) is 16.2 Å². The quantitative estimate of drug-likeness (QED) is 0.484. The molecule has 3 nitrogen and oxygen atoms in total. The lowest BCUT2D eigenvalue weighted by atomic mass is 9.82. The van der Waals surface area contributed by atoms with Crippen LogP contribution in [0.15, 0.2) is 42.5 Å². The molecule has 1 aliphatic carbocycles. The van der Waals surface area contributed by atoms with Crippen molar-refractivity contribution in [2.75, 3.05) is 0 Å². The number of benzene rings is 2. The second-order valence-corrected chi connectivity index (χ2v) is 10.7. The molecule has 150 valence electrons. The minimum Gasteiger partial charge on any atom is -0.217 e. The summed E-state index contributed by atoms with van der Waals surface area (Å²) in [5, 5.41) is 0. The minimum absolute atomic E-state index is 0.0331. The summed E-state index contributed by atoms with van der Waals surface area (Å²) in [6, 6.07) is 15.3. The van der Waals surface area contributed by atoms with Gasteiger partial charge in [0, 0.05) is 21.8 Å². The fourth-order valence-corrected chi connectivity index (χ4v) is 4.11. The molecule has 0 saturated carbocycles. The average Bonchev–Trinajstić information content (AvgIpc) is 2.88. The van der Waals surface area contributed by atoms with Gasteiger partial charge in [-0.25, -0.2) is 15.0 Å². The zero-order chi connectivity index (χ0) is 21.2. The first kappa shape index (κ1) is 19.8. The summed E-state index contributed by atoms with van der Waals surface area (Å²) < 4.78 is 0. The molecule has 0 amide bonds. The molecule has 3 heteroatoms. The highest BCUT2D eigenvalue weighted by Crippen LogP contribution is 2.51. The maximum atomic E-state index is 4.96. The summed E-state index contributed by atoms with van der Waals surface area (Å²) in [7, 11) is 0. The largest absolute Gasteiger partial charge is 0.217 e. The molecule has 0 spiro atoms. The number of fused-ring (bicyclic) bond motifs is 3. The molecule has 3 aromatic rings. The molecule has 4 rings (SSSR count). The molecule has 29 heavy (non-hydrogen) atoms. The average molecular weight is 386 g/mol. The third-order valence-electron chi connectivity index (χ3n) is 5.83. The highest BCUT2D eigenvalue weighted by atomic mass is 15.1. The van der Waals surface area contributed by atoms with Gasteiger partial charge in [0.05, 0.1) is 0 Å². The van der Waals surface area contributed by atoms with Crippen molar-refractivity contribution in [2.24, 2.45) is 0 Å². The number of rotatable bonds is 1. The Labute approximate surface area is 174 Å². The lowest BCUT2D eigenvalue weighted by Gasteiger charge is -2.23. The van der Waals surface area contributed by atoms with Gasteiger partial charge in [0.2, 0.25) is 0 Å². The maximum absolute atomic E-state index is 4.96. The van der Waals surface area contributed by atoms with Gasteiger partial charge in [0.25, 0.3) is 0 Å². The molecule has 1 heterocycles. The molecule has 0 N–H and O–H groups in total. The Bertz CT molecular complexity index is 1060. The van der Waals surface area contributed by atoms with Crippen LogP contribution in [0.5, 0.6) is 0 Å². The molecule has 0 atom stereocenters. The molecule has 1 aliphatic rings. The van der Waals surface area contributed by atoms with E-state index in [0.717, 1.165) is 23.0 Å². The second-order valence-electron chi connectivity index (χ2n) is 10.7. The van der Waals surface area contributed by atoms with Gasteiger partial charge in [-0.3, -0.25) is 0 Å². The zero-order valence-electron chi connectivity index (χ0n) is 18.9. The molecule has 0 fully saturated rings. The van der Waals surface area contributed by atoms with Gasteiger partial charge in [-0.05, 0) is 22.3 Å². The first-order chi connectivity index (χ1) is 13.4. The summed E-state index contributed by atoms with van der Waals surface area (Å²) in [6.45, 7) is 17.6. The van der Waals surface area contributed by atoms with Crippen LogP contribution in [-0.4, -0.2) is 15.0 Å². The molecule has 0 bridgehead atoms. The van der Waals surface area contributed by atoms with E-state index in [1.807, 2.05) is 0 Å². The third kappa shape index (κ3) is 3.17. The summed E-state index contributed by atoms with van der Waals surface area (Å²) in [5.41, 5.74) is 6.03. The lowest BCUT2D eigenvalue weighted by Crippen LogP contribution is -2.24. The van der Waals surface area contributed by atoms with Crippen LogP contribution in [0, 0.1) is 0 Å². The van der Waals surface area contributed by atoms with Crippen LogP contribution in [0.1, 0.15) is 78.2 Å². The Kier molecular flexibility index (Phi) is 4.24. The van der Waals surface area contributed by atoms with Crippen molar-refractivity contribution in [1.29, 1.82) is 0 Å². The zero-order valence-corrected chi connectivity index (χ0v) is 18.9. The van der Waals surface area contributed by atoms with Crippen molar-refractivity contribution in [3.8, 4) is 22.5 Å². The van der Waals surface area contributed by atoms with E-state index >= 15 is 0 Å². The topological polar surface area (TPSA) is 38.7 Å². The number of hydrogen-bond donors (Lipinski definition) is 0. The molecular weight excluding hydrogens is 354 g/mol. The summed E-state index contributed by atoms with van der Waals surface area (Å²) in [5.74, 6) is 2.46. The first-order valence-corrected chi connectivity index (χ1v) is 10.4. The van der Waals surface area contributed by atoms with Crippen LogP contribution in [0.4, 0.5) is 0 Å². The van der Waals surface area contributed by atoms with Gasteiger partial charge in [-0.1, -0.05) is 97.9 Å². The molecule has 1 aromatic heterocycles. The van der Waals surface area contributed by atoms with Crippen LogP contribution in [0.2, 0.25) is 0 Å². The van der Waals surface area contributed by atoms with E-state index in [1.54, 1.807) is 0 Å². The molecular formula is C26H31N3. The van der Waals surface area contributed by atoms with Gasteiger partial charge >= 0.3 is 0 Å². The molecule has 2 aromatic carbocycles. The Hall–Kier alpha value is -2.55. The molecule has 0 unspecified atom stereocenters. The third-order valence-corrected chi connectivity index (χ3v) is 5.83. The van der Waals surface area contributed by atoms with E-state index in [1.165, 1.54) is 22.3 Å². The van der Waals surface area contributed by atoms with Crippen LogP contribution in [0.25, 0.3) is 22.5 Å². The van der Waals surface area contributed by atoms with E-state index in [-0.39, 0.29) is 16.2 Å². The van der Waals surface area contributed by atoms with E-state index in [0.29, 0.717) is 0 Å². The first-order valence-electron chi connectivity index (χ1n) is 10.4. The molecule has 0 radical (unpaired) electrons. The monoisotopic (exact) mass is 385 g/mol. The van der Waals surface area contributed by atoms with Gasteiger partial charge in [0.15, 0.2) is 5.82 Å². The predicted molar refractivity (Wildman–Crippen MR) is 120 cm³/mol. The van der Waals surface area contributed by atoms with Crippen LogP contribution in [0.3, 0.4) is 0 Å². The number of nitrogens with zero attached hydrogens (tertiary/aromatic N) is 3. The number of aromatic nitrogens is 3. The second kappa shape index (κ2) is 6.22. The van der Waals surface area contributed by atoms with Gasteiger partial charge < -0.3 is 0 Å². The van der Waals surface area contributed by atoms with E-state index in [4.69, 9.17) is 15.0 Å². The predicted octanol–water partition coefficient (Wildman–Crippen LogP) is 6.44. The lowest BCUT2D eigenvalue weighted by molar-refractivity contribution is 0.497.